The second-order valence-electron chi connectivity index (χ2n) is 4.53. The third-order valence-electron chi connectivity index (χ3n) is 3.02. The van der Waals surface area contributed by atoms with Gasteiger partial charge in [0.05, 0.1) is 0 Å². The number of rotatable bonds is 0. The Hall–Kier alpha value is -0.980. The lowest BCUT2D eigenvalue weighted by atomic mass is 9.79. The normalized spacial score (nSPS) is 24.7. The lowest BCUT2D eigenvalue weighted by Crippen LogP contribution is -2.37. The van der Waals surface area contributed by atoms with Crippen LogP contribution in [0.1, 0.15) is 26.3 Å². The molecule has 13 heavy (non-hydrogen) atoms. The summed E-state index contributed by atoms with van der Waals surface area (Å²) < 4.78 is 5.85. The van der Waals surface area contributed by atoms with E-state index >= 15 is 0 Å². The average molecular weight is 176 g/mol. The van der Waals surface area contributed by atoms with Gasteiger partial charge in [-0.25, -0.2) is 0 Å². The van der Waals surface area contributed by atoms with Crippen LogP contribution >= 0.6 is 0 Å². The van der Waals surface area contributed by atoms with Crippen molar-refractivity contribution in [2.24, 2.45) is 5.41 Å². The molecule has 0 saturated carbocycles. The lowest BCUT2D eigenvalue weighted by Gasteiger charge is -2.37. The summed E-state index contributed by atoms with van der Waals surface area (Å²) >= 11 is 0. The SMILES string of the molecule is C[C@H]1Oc2ccccc2CC1(C)C. The summed E-state index contributed by atoms with van der Waals surface area (Å²) in [6.07, 6.45) is 1.42. The van der Waals surface area contributed by atoms with Crippen molar-refractivity contribution in [1.29, 1.82) is 0 Å². The predicted octanol–water partition coefficient (Wildman–Crippen LogP) is 3.04. The second-order valence-corrected chi connectivity index (χ2v) is 4.53. The van der Waals surface area contributed by atoms with Crippen molar-refractivity contribution >= 4 is 0 Å². The molecule has 70 valence electrons. The lowest BCUT2D eigenvalue weighted by molar-refractivity contribution is 0.0685. The first-order chi connectivity index (χ1) is 6.09. The van der Waals surface area contributed by atoms with E-state index in [2.05, 4.69) is 39.0 Å². The fourth-order valence-corrected chi connectivity index (χ4v) is 1.75. The van der Waals surface area contributed by atoms with Gasteiger partial charge in [-0.05, 0) is 25.0 Å². The van der Waals surface area contributed by atoms with Gasteiger partial charge in [0.2, 0.25) is 0 Å². The molecule has 1 heteroatoms. The van der Waals surface area contributed by atoms with Crippen LogP contribution in [0.15, 0.2) is 24.3 Å². The van der Waals surface area contributed by atoms with Crippen LogP contribution in [0.3, 0.4) is 0 Å². The summed E-state index contributed by atoms with van der Waals surface area (Å²) in [7, 11) is 0. The molecule has 1 atom stereocenters. The zero-order valence-corrected chi connectivity index (χ0v) is 8.50. The molecule has 2 rings (SSSR count). The highest BCUT2D eigenvalue weighted by Gasteiger charge is 2.33. The smallest absolute Gasteiger partial charge is 0.122 e. The van der Waals surface area contributed by atoms with Crippen LogP contribution in [0.2, 0.25) is 0 Å². The molecule has 1 aromatic rings. The molecule has 0 aromatic heterocycles. The van der Waals surface area contributed by atoms with Crippen LogP contribution in [0, 0.1) is 5.41 Å². The van der Waals surface area contributed by atoms with E-state index in [0.29, 0.717) is 6.10 Å². The molecule has 0 radical (unpaired) electrons. The first-order valence-corrected chi connectivity index (χ1v) is 4.84. The molecule has 1 heterocycles. The van der Waals surface area contributed by atoms with Gasteiger partial charge in [0, 0.05) is 5.41 Å². The Morgan fingerprint density at radius 3 is 2.77 bits per heavy atom. The number of ether oxygens (including phenoxy) is 1. The van der Waals surface area contributed by atoms with Crippen LogP contribution in [0.5, 0.6) is 5.75 Å². The molecule has 1 aliphatic rings. The van der Waals surface area contributed by atoms with Gasteiger partial charge in [-0.2, -0.15) is 0 Å². The van der Waals surface area contributed by atoms with Crippen molar-refractivity contribution in [1.82, 2.24) is 0 Å². The third kappa shape index (κ3) is 1.43. The van der Waals surface area contributed by atoms with Gasteiger partial charge < -0.3 is 4.74 Å². The zero-order chi connectivity index (χ0) is 9.47. The summed E-state index contributed by atoms with van der Waals surface area (Å²) in [5.41, 5.74) is 1.60. The van der Waals surface area contributed by atoms with Crippen molar-refractivity contribution < 1.29 is 4.74 Å². The first kappa shape index (κ1) is 8.61. The topological polar surface area (TPSA) is 9.23 Å². The molecule has 1 aliphatic heterocycles. The van der Waals surface area contributed by atoms with E-state index in [4.69, 9.17) is 4.74 Å². The van der Waals surface area contributed by atoms with Gasteiger partial charge in [-0.1, -0.05) is 32.0 Å². The minimum absolute atomic E-state index is 0.258. The van der Waals surface area contributed by atoms with Crippen LogP contribution < -0.4 is 4.74 Å². The standard InChI is InChI=1S/C12H16O/c1-9-12(2,3)8-10-6-4-5-7-11(10)13-9/h4-7,9H,8H2,1-3H3/t9-/m1/s1. The fraction of sp³-hybridized carbons (Fsp3) is 0.500. The highest BCUT2D eigenvalue weighted by Crippen LogP contribution is 2.37. The zero-order valence-electron chi connectivity index (χ0n) is 8.50. The molecule has 0 N–H and O–H groups in total. The van der Waals surface area contributed by atoms with Gasteiger partial charge >= 0.3 is 0 Å². The van der Waals surface area contributed by atoms with Crippen molar-refractivity contribution in [3.63, 3.8) is 0 Å². The van der Waals surface area contributed by atoms with E-state index in [-0.39, 0.29) is 5.41 Å². The molecule has 1 aromatic carbocycles. The maximum absolute atomic E-state index is 5.85. The van der Waals surface area contributed by atoms with Crippen molar-refractivity contribution in [3.8, 4) is 5.75 Å². The molecular weight excluding hydrogens is 160 g/mol. The summed E-state index contributed by atoms with van der Waals surface area (Å²) in [5.74, 6) is 1.06. The number of para-hydroxylation sites is 1. The molecule has 0 fully saturated rings. The van der Waals surface area contributed by atoms with Crippen molar-refractivity contribution in [2.45, 2.75) is 33.3 Å². The molecular formula is C12H16O. The maximum atomic E-state index is 5.85. The third-order valence-corrected chi connectivity index (χ3v) is 3.02. The van der Waals surface area contributed by atoms with Gasteiger partial charge in [-0.15, -0.1) is 0 Å². The van der Waals surface area contributed by atoms with Gasteiger partial charge in [0.1, 0.15) is 11.9 Å². The molecule has 0 unspecified atom stereocenters. The quantitative estimate of drug-likeness (QED) is 0.590. The minimum Gasteiger partial charge on any atom is -0.490 e. The van der Waals surface area contributed by atoms with E-state index < -0.39 is 0 Å². The average Bonchev–Trinajstić information content (AvgIpc) is 2.06. The Morgan fingerprint density at radius 1 is 1.31 bits per heavy atom. The van der Waals surface area contributed by atoms with Crippen molar-refractivity contribution in [3.05, 3.63) is 29.8 Å². The van der Waals surface area contributed by atoms with Gasteiger partial charge in [0.25, 0.3) is 0 Å². The van der Waals surface area contributed by atoms with Gasteiger partial charge in [-0.3, -0.25) is 0 Å². The molecule has 0 spiro atoms. The van der Waals surface area contributed by atoms with E-state index in [1.807, 2.05) is 6.07 Å². The Balaban J connectivity index is 2.39. The van der Waals surface area contributed by atoms with Gasteiger partial charge in [0.15, 0.2) is 0 Å². The molecule has 0 bridgehead atoms. The summed E-state index contributed by atoms with van der Waals surface area (Å²) in [5, 5.41) is 0. The van der Waals surface area contributed by atoms with Crippen LogP contribution in [0.25, 0.3) is 0 Å². The Bertz CT molecular complexity index is 315. The maximum Gasteiger partial charge on any atom is 0.122 e. The Kier molecular flexibility index (Phi) is 1.83. The number of benzene rings is 1. The number of fused-ring (bicyclic) bond motifs is 1. The van der Waals surface area contributed by atoms with Crippen LogP contribution in [-0.2, 0) is 6.42 Å². The predicted molar refractivity (Wildman–Crippen MR) is 54.0 cm³/mol. The largest absolute Gasteiger partial charge is 0.490 e. The summed E-state index contributed by atoms with van der Waals surface area (Å²) in [6.45, 7) is 6.66. The number of hydrogen-bond donors (Lipinski definition) is 0. The second kappa shape index (κ2) is 2.76. The van der Waals surface area contributed by atoms with E-state index in [9.17, 15) is 0 Å². The van der Waals surface area contributed by atoms with Crippen LogP contribution in [-0.4, -0.2) is 6.10 Å². The Morgan fingerprint density at radius 2 is 2.00 bits per heavy atom. The highest BCUT2D eigenvalue weighted by atomic mass is 16.5. The van der Waals surface area contributed by atoms with Crippen LogP contribution in [0.4, 0.5) is 0 Å². The summed E-state index contributed by atoms with van der Waals surface area (Å²) in [6, 6.07) is 8.32. The molecule has 0 saturated heterocycles. The van der Waals surface area contributed by atoms with E-state index in [0.717, 1.165) is 12.2 Å². The van der Waals surface area contributed by atoms with E-state index in [1.54, 1.807) is 0 Å². The molecule has 0 aliphatic carbocycles. The van der Waals surface area contributed by atoms with Crippen molar-refractivity contribution in [2.75, 3.05) is 0 Å². The minimum atomic E-state index is 0.258. The monoisotopic (exact) mass is 176 g/mol. The van der Waals surface area contributed by atoms with E-state index in [1.165, 1.54) is 5.56 Å². The molecule has 1 nitrogen and oxygen atoms in total. The summed E-state index contributed by atoms with van der Waals surface area (Å²) in [4.78, 5) is 0. The number of hydrogen-bond acceptors (Lipinski definition) is 1. The molecule has 0 amide bonds. The Labute approximate surface area is 79.7 Å². The first-order valence-electron chi connectivity index (χ1n) is 4.84. The highest BCUT2D eigenvalue weighted by molar-refractivity contribution is 5.36. The fourth-order valence-electron chi connectivity index (χ4n) is 1.75.